The average Bonchev–Trinajstić information content (AvgIpc) is 3.40. The molecule has 4 rings (SSSR count). The summed E-state index contributed by atoms with van der Waals surface area (Å²) in [4.78, 5) is 31.4. The number of carbonyl (C=O) groups is 2. The smallest absolute Gasteiger partial charge is 0.326 e. The van der Waals surface area contributed by atoms with Gasteiger partial charge in [0.25, 0.3) is 5.91 Å². The third-order valence-corrected chi connectivity index (χ3v) is 7.48. The summed E-state index contributed by atoms with van der Waals surface area (Å²) >= 11 is 1.65. The van der Waals surface area contributed by atoms with Crippen LogP contribution in [0.2, 0.25) is 0 Å². The molecule has 202 valence electrons. The first kappa shape index (κ1) is 27.8. The molecule has 0 saturated heterocycles. The molecule has 39 heavy (non-hydrogen) atoms. The second-order valence-electron chi connectivity index (χ2n) is 9.08. The molecule has 0 spiro atoms. The van der Waals surface area contributed by atoms with Crippen LogP contribution in [0.15, 0.2) is 66.9 Å². The van der Waals surface area contributed by atoms with Crippen molar-refractivity contribution in [3.8, 4) is 16.2 Å². The van der Waals surface area contributed by atoms with Crippen LogP contribution >= 0.6 is 11.3 Å². The van der Waals surface area contributed by atoms with Crippen LogP contribution < -0.4 is 15.4 Å². The van der Waals surface area contributed by atoms with Gasteiger partial charge in [0.15, 0.2) is 0 Å². The number of aromatic nitrogens is 1. The lowest BCUT2D eigenvalue weighted by Gasteiger charge is -2.17. The van der Waals surface area contributed by atoms with Gasteiger partial charge in [-0.05, 0) is 65.9 Å². The maximum absolute atomic E-state index is 13.8. The molecule has 0 fully saturated rings. The number of ether oxygens (including phenoxy) is 1. The lowest BCUT2D eigenvalue weighted by Crippen LogP contribution is -2.42. The topological polar surface area (TPSA) is 101 Å². The molecule has 2 aromatic carbocycles. The van der Waals surface area contributed by atoms with E-state index in [1.54, 1.807) is 37.6 Å². The largest absolute Gasteiger partial charge is 0.497 e. The van der Waals surface area contributed by atoms with Crippen molar-refractivity contribution in [1.82, 2.24) is 10.3 Å². The number of nitrogens with one attached hydrogen (secondary N) is 2. The molecule has 9 heteroatoms. The molecule has 0 aliphatic carbocycles. The third-order valence-electron chi connectivity index (χ3n) is 6.34. The maximum Gasteiger partial charge on any atom is 0.326 e. The fourth-order valence-corrected chi connectivity index (χ4v) is 5.28. The number of carboxylic acid groups (broad SMARTS) is 1. The molecule has 1 unspecified atom stereocenters. The minimum absolute atomic E-state index is 0.121. The van der Waals surface area contributed by atoms with Gasteiger partial charge in [-0.2, -0.15) is 0 Å². The quantitative estimate of drug-likeness (QED) is 0.217. The number of methoxy groups -OCH3 is 1. The molecular formula is C30H30FN3O4S. The second kappa shape index (κ2) is 12.5. The Kier molecular flexibility index (Phi) is 8.93. The number of thiophene rings is 1. The van der Waals surface area contributed by atoms with Crippen LogP contribution in [0.4, 0.5) is 10.2 Å². The highest BCUT2D eigenvalue weighted by molar-refractivity contribution is 7.15. The number of anilines is 1. The Balaban J connectivity index is 1.40. The Morgan fingerprint density at radius 2 is 1.87 bits per heavy atom. The summed E-state index contributed by atoms with van der Waals surface area (Å²) in [6.07, 6.45) is 2.27. The summed E-state index contributed by atoms with van der Waals surface area (Å²) in [6.45, 7) is 4.09. The molecule has 2 heterocycles. The number of carbonyl (C=O) groups excluding carboxylic acids is 1. The number of rotatable bonds is 11. The van der Waals surface area contributed by atoms with Crippen LogP contribution in [0.25, 0.3) is 10.4 Å². The van der Waals surface area contributed by atoms with Crippen LogP contribution in [0, 0.1) is 12.7 Å². The number of carboxylic acids is 1. The van der Waals surface area contributed by atoms with Crippen LogP contribution in [0.1, 0.15) is 38.8 Å². The van der Waals surface area contributed by atoms with Gasteiger partial charge in [-0.15, -0.1) is 11.3 Å². The summed E-state index contributed by atoms with van der Waals surface area (Å²) < 4.78 is 19.0. The molecule has 3 N–H and O–H groups in total. The first-order chi connectivity index (χ1) is 18.8. The van der Waals surface area contributed by atoms with Crippen LogP contribution in [-0.2, 0) is 24.2 Å². The van der Waals surface area contributed by atoms with Crippen LogP contribution in [0.3, 0.4) is 0 Å². The molecule has 4 aromatic rings. The third kappa shape index (κ3) is 7.00. The van der Waals surface area contributed by atoms with Crippen molar-refractivity contribution in [3.63, 3.8) is 0 Å². The molecule has 0 bridgehead atoms. The number of aryl methyl sites for hydroxylation is 2. The van der Waals surface area contributed by atoms with Crippen molar-refractivity contribution < 1.29 is 23.8 Å². The summed E-state index contributed by atoms with van der Waals surface area (Å²) in [5, 5.41) is 15.7. The summed E-state index contributed by atoms with van der Waals surface area (Å²) in [5.41, 5.74) is 3.14. The first-order valence-corrected chi connectivity index (χ1v) is 13.3. The summed E-state index contributed by atoms with van der Waals surface area (Å²) in [7, 11) is 1.62. The highest BCUT2D eigenvalue weighted by atomic mass is 32.1. The van der Waals surface area contributed by atoms with Gasteiger partial charge in [0, 0.05) is 34.0 Å². The van der Waals surface area contributed by atoms with Gasteiger partial charge in [-0.3, -0.25) is 4.79 Å². The monoisotopic (exact) mass is 547 g/mol. The number of benzene rings is 2. The summed E-state index contributed by atoms with van der Waals surface area (Å²) in [5.74, 6) is -0.600. The van der Waals surface area contributed by atoms with Crippen molar-refractivity contribution in [2.45, 2.75) is 39.3 Å². The van der Waals surface area contributed by atoms with Gasteiger partial charge in [-0.1, -0.05) is 31.2 Å². The molecule has 0 radical (unpaired) electrons. The van der Waals surface area contributed by atoms with E-state index in [-0.39, 0.29) is 6.42 Å². The lowest BCUT2D eigenvalue weighted by atomic mass is 9.98. The predicted molar refractivity (Wildman–Crippen MR) is 151 cm³/mol. The zero-order valence-electron chi connectivity index (χ0n) is 22.0. The molecule has 0 saturated carbocycles. The van der Waals surface area contributed by atoms with E-state index < -0.39 is 23.7 Å². The molecule has 0 aliphatic heterocycles. The Morgan fingerprint density at radius 3 is 2.56 bits per heavy atom. The van der Waals surface area contributed by atoms with Gasteiger partial charge in [0.05, 0.1) is 13.7 Å². The molecule has 1 amide bonds. The molecular weight excluding hydrogens is 517 g/mol. The Morgan fingerprint density at radius 1 is 1.10 bits per heavy atom. The van der Waals surface area contributed by atoms with E-state index >= 15 is 0 Å². The Hall–Kier alpha value is -4.24. The van der Waals surface area contributed by atoms with Gasteiger partial charge in [0.1, 0.15) is 23.4 Å². The van der Waals surface area contributed by atoms with Gasteiger partial charge >= 0.3 is 5.97 Å². The minimum atomic E-state index is -1.13. The number of aliphatic carboxylic acids is 1. The normalized spacial score (nSPS) is 11.6. The van der Waals surface area contributed by atoms with E-state index in [4.69, 9.17) is 4.74 Å². The predicted octanol–water partition coefficient (Wildman–Crippen LogP) is 5.87. The molecule has 2 aromatic heterocycles. The summed E-state index contributed by atoms with van der Waals surface area (Å²) in [6, 6.07) is 16.8. The minimum Gasteiger partial charge on any atom is -0.497 e. The van der Waals surface area contributed by atoms with Crippen molar-refractivity contribution in [3.05, 3.63) is 99.8 Å². The number of hydrogen-bond acceptors (Lipinski definition) is 6. The standard InChI is InChI=1S/C30H30FN3O4S/c1-4-20-15-22(31)13-18(2)28(20)29(35)34-25(30(36)37)14-19-5-7-21(8-6-19)26-10-9-24(39-26)17-33-27-16-23(38-3)11-12-32-27/h5-13,15-16,25H,4,14,17H2,1-3H3,(H,32,33)(H,34,35)(H,36,37). The number of amides is 1. The fraction of sp³-hybridized carbons (Fsp3) is 0.233. The van der Waals surface area contributed by atoms with Gasteiger partial charge in [-0.25, -0.2) is 14.2 Å². The van der Waals surface area contributed by atoms with E-state index in [0.29, 0.717) is 29.7 Å². The highest BCUT2D eigenvalue weighted by Crippen LogP contribution is 2.29. The molecule has 0 aliphatic rings. The van der Waals surface area contributed by atoms with E-state index in [2.05, 4.69) is 21.7 Å². The fourth-order valence-electron chi connectivity index (χ4n) is 4.33. The van der Waals surface area contributed by atoms with Crippen molar-refractivity contribution in [2.24, 2.45) is 0 Å². The number of pyridine rings is 1. The maximum atomic E-state index is 13.8. The number of halogens is 1. The van der Waals surface area contributed by atoms with E-state index in [0.717, 1.165) is 32.4 Å². The Bertz CT molecular complexity index is 1470. The van der Waals surface area contributed by atoms with Crippen molar-refractivity contribution >= 4 is 29.0 Å². The lowest BCUT2D eigenvalue weighted by molar-refractivity contribution is -0.139. The first-order valence-electron chi connectivity index (χ1n) is 12.5. The van der Waals surface area contributed by atoms with Gasteiger partial charge in [0.2, 0.25) is 0 Å². The SMILES string of the molecule is CCc1cc(F)cc(C)c1C(=O)NC(Cc1ccc(-c2ccc(CNc3cc(OC)ccn3)s2)cc1)C(=O)O. The van der Waals surface area contributed by atoms with E-state index in [1.165, 1.54) is 12.1 Å². The van der Waals surface area contributed by atoms with E-state index in [9.17, 15) is 19.1 Å². The number of hydrogen-bond donors (Lipinski definition) is 3. The van der Waals surface area contributed by atoms with Crippen LogP contribution in [0.5, 0.6) is 5.75 Å². The molecule has 1 atom stereocenters. The Labute approximate surface area is 230 Å². The second-order valence-corrected chi connectivity index (χ2v) is 10.2. The van der Waals surface area contributed by atoms with Crippen molar-refractivity contribution in [1.29, 1.82) is 0 Å². The molecule has 7 nitrogen and oxygen atoms in total. The van der Waals surface area contributed by atoms with E-state index in [1.807, 2.05) is 43.3 Å². The zero-order valence-corrected chi connectivity index (χ0v) is 22.8. The highest BCUT2D eigenvalue weighted by Gasteiger charge is 2.24. The zero-order chi connectivity index (χ0) is 27.9. The average molecular weight is 548 g/mol. The van der Waals surface area contributed by atoms with Crippen molar-refractivity contribution in [2.75, 3.05) is 12.4 Å². The number of nitrogens with zero attached hydrogens (tertiary/aromatic N) is 1. The van der Waals surface area contributed by atoms with Crippen LogP contribution in [-0.4, -0.2) is 35.1 Å². The van der Waals surface area contributed by atoms with Gasteiger partial charge < -0.3 is 20.5 Å².